The third kappa shape index (κ3) is 4.35. The number of aliphatic imine (C=N–C) groups is 1. The summed E-state index contributed by atoms with van der Waals surface area (Å²) in [5.41, 5.74) is 2.58. The largest absolute Gasteiger partial charge is 0.454 e. The maximum atomic E-state index is 14.3. The molecule has 0 unspecified atom stereocenters. The highest BCUT2D eigenvalue weighted by Crippen LogP contribution is 2.28. The molecule has 1 heterocycles. The van der Waals surface area contributed by atoms with Crippen molar-refractivity contribution in [3.63, 3.8) is 0 Å². The highest BCUT2D eigenvalue weighted by Gasteiger charge is 2.09. The molecule has 5 heteroatoms. The fourth-order valence-corrected chi connectivity index (χ4v) is 1.97. The molecule has 0 radical (unpaired) electrons. The normalized spacial score (nSPS) is 12.6. The third-order valence-electron chi connectivity index (χ3n) is 3.63. The zero-order valence-electron chi connectivity index (χ0n) is 14.1. The average molecular weight is 326 g/mol. The van der Waals surface area contributed by atoms with Crippen LogP contribution in [0.4, 0.5) is 4.39 Å². The molecule has 1 aromatic heterocycles. The minimum absolute atomic E-state index is 0.0885. The third-order valence-corrected chi connectivity index (χ3v) is 3.63. The van der Waals surface area contributed by atoms with Gasteiger partial charge in [-0.05, 0) is 56.2 Å². The molecule has 0 spiro atoms. The van der Waals surface area contributed by atoms with Gasteiger partial charge in [0.2, 0.25) is 0 Å². The van der Waals surface area contributed by atoms with Crippen LogP contribution in [0, 0.1) is 5.82 Å². The molecule has 124 valence electrons. The van der Waals surface area contributed by atoms with Crippen molar-refractivity contribution < 1.29 is 13.9 Å². The fraction of sp³-hybridized carbons (Fsp3) is 0.211. The summed E-state index contributed by atoms with van der Waals surface area (Å²) in [6.45, 7) is 6.75. The van der Waals surface area contributed by atoms with E-state index in [0.717, 1.165) is 5.57 Å². The van der Waals surface area contributed by atoms with E-state index in [0.29, 0.717) is 22.7 Å². The Hall–Kier alpha value is -2.82. The lowest BCUT2D eigenvalue weighted by molar-refractivity contribution is -0.111. The number of ketones is 1. The van der Waals surface area contributed by atoms with Gasteiger partial charge in [0.05, 0.1) is 5.71 Å². The van der Waals surface area contributed by atoms with Gasteiger partial charge in [-0.1, -0.05) is 6.07 Å². The molecule has 0 N–H and O–H groups in total. The van der Waals surface area contributed by atoms with E-state index < -0.39 is 5.82 Å². The first-order valence-electron chi connectivity index (χ1n) is 7.50. The van der Waals surface area contributed by atoms with Crippen LogP contribution >= 0.6 is 0 Å². The molecule has 24 heavy (non-hydrogen) atoms. The number of nitrogens with zero attached hydrogens (tertiary/aromatic N) is 2. The predicted octanol–water partition coefficient (Wildman–Crippen LogP) is 4.81. The minimum atomic E-state index is -0.469. The molecular formula is C19H19FN2O2. The van der Waals surface area contributed by atoms with Crippen molar-refractivity contribution in [2.75, 3.05) is 0 Å². The Morgan fingerprint density at radius 1 is 1.08 bits per heavy atom. The van der Waals surface area contributed by atoms with Crippen molar-refractivity contribution in [3.05, 3.63) is 59.8 Å². The molecule has 0 fully saturated rings. The number of pyridine rings is 1. The van der Waals surface area contributed by atoms with E-state index in [-0.39, 0.29) is 11.5 Å². The quantitative estimate of drug-likeness (QED) is 0.741. The standard InChI is InChI=1S/C19H19FN2O2/c1-12(13(2)22-14(3)15(4)23)16-5-6-19(18(20)11-16)24-17-7-9-21-10-8-17/h5-11H,1-4H3/b13-12+,22-14?. The van der Waals surface area contributed by atoms with Crippen LogP contribution in [0.1, 0.15) is 33.3 Å². The molecule has 0 amide bonds. The number of halogens is 1. The Morgan fingerprint density at radius 3 is 2.33 bits per heavy atom. The lowest BCUT2D eigenvalue weighted by Crippen LogP contribution is -2.04. The van der Waals surface area contributed by atoms with Crippen molar-refractivity contribution in [2.24, 2.45) is 4.99 Å². The van der Waals surface area contributed by atoms with Crippen LogP contribution in [-0.4, -0.2) is 16.5 Å². The predicted molar refractivity (Wildman–Crippen MR) is 92.8 cm³/mol. The summed E-state index contributed by atoms with van der Waals surface area (Å²) < 4.78 is 19.8. The number of carbonyl (C=O) groups excluding carboxylic acids is 1. The maximum Gasteiger partial charge on any atom is 0.173 e. The summed E-state index contributed by atoms with van der Waals surface area (Å²) in [7, 11) is 0. The SMILES string of the molecule is CC(=O)C(C)=N/C(C)=C(\C)c1ccc(Oc2ccncc2)c(F)c1. The minimum Gasteiger partial charge on any atom is -0.454 e. The number of hydrogen-bond donors (Lipinski definition) is 0. The Labute approximate surface area is 140 Å². The molecule has 0 bridgehead atoms. The molecule has 0 saturated carbocycles. The van der Waals surface area contributed by atoms with Gasteiger partial charge in [0.25, 0.3) is 0 Å². The van der Waals surface area contributed by atoms with Gasteiger partial charge in [0.15, 0.2) is 17.3 Å². The monoisotopic (exact) mass is 326 g/mol. The maximum absolute atomic E-state index is 14.3. The van der Waals surface area contributed by atoms with Gasteiger partial charge in [-0.15, -0.1) is 0 Å². The van der Waals surface area contributed by atoms with Gasteiger partial charge in [0, 0.05) is 25.0 Å². The number of aromatic nitrogens is 1. The van der Waals surface area contributed by atoms with Crippen molar-refractivity contribution in [3.8, 4) is 11.5 Å². The summed E-state index contributed by atoms with van der Waals surface area (Å²) in [5.74, 6) is 0.0961. The van der Waals surface area contributed by atoms with Gasteiger partial charge < -0.3 is 4.74 Å². The molecule has 4 nitrogen and oxygen atoms in total. The van der Waals surface area contributed by atoms with Crippen LogP contribution < -0.4 is 4.74 Å². The molecule has 1 aromatic carbocycles. The van der Waals surface area contributed by atoms with Gasteiger partial charge >= 0.3 is 0 Å². The highest BCUT2D eigenvalue weighted by molar-refractivity contribution is 6.38. The lowest BCUT2D eigenvalue weighted by atomic mass is 10.1. The molecule has 0 atom stereocenters. The second-order valence-electron chi connectivity index (χ2n) is 5.39. The summed E-state index contributed by atoms with van der Waals surface area (Å²) in [4.78, 5) is 19.4. The Morgan fingerprint density at radius 2 is 1.75 bits per heavy atom. The van der Waals surface area contributed by atoms with Crippen molar-refractivity contribution in [1.29, 1.82) is 0 Å². The van der Waals surface area contributed by atoms with Crippen molar-refractivity contribution in [2.45, 2.75) is 27.7 Å². The van der Waals surface area contributed by atoms with E-state index in [1.165, 1.54) is 13.0 Å². The van der Waals surface area contributed by atoms with Crippen LogP contribution in [0.3, 0.4) is 0 Å². The number of Topliss-reactive ketones (excluding diaryl/α,β-unsaturated/α-hetero) is 1. The molecule has 0 saturated heterocycles. The van der Waals surface area contributed by atoms with E-state index in [9.17, 15) is 9.18 Å². The Bertz CT molecular complexity index is 811. The highest BCUT2D eigenvalue weighted by atomic mass is 19.1. The number of allylic oxidation sites excluding steroid dienone is 2. The summed E-state index contributed by atoms with van der Waals surface area (Å²) in [6, 6.07) is 8.04. The van der Waals surface area contributed by atoms with E-state index in [4.69, 9.17) is 4.74 Å². The number of ether oxygens (including phenoxy) is 1. The van der Waals surface area contributed by atoms with Gasteiger partial charge in [-0.2, -0.15) is 0 Å². The topological polar surface area (TPSA) is 51.5 Å². The molecule has 0 aliphatic heterocycles. The number of carbonyl (C=O) groups is 1. The Kier molecular flexibility index (Phi) is 5.58. The van der Waals surface area contributed by atoms with Gasteiger partial charge in [-0.25, -0.2) is 4.39 Å². The van der Waals surface area contributed by atoms with E-state index >= 15 is 0 Å². The molecule has 2 aromatic rings. The first-order chi connectivity index (χ1) is 11.4. The van der Waals surface area contributed by atoms with Crippen LogP contribution in [0.5, 0.6) is 11.5 Å². The summed E-state index contributed by atoms with van der Waals surface area (Å²) >= 11 is 0. The van der Waals surface area contributed by atoms with E-state index in [2.05, 4.69) is 9.98 Å². The number of hydrogen-bond acceptors (Lipinski definition) is 4. The molecule has 0 aliphatic carbocycles. The first kappa shape index (κ1) is 17.5. The van der Waals surface area contributed by atoms with Crippen LogP contribution in [0.25, 0.3) is 5.57 Å². The van der Waals surface area contributed by atoms with Crippen LogP contribution in [-0.2, 0) is 4.79 Å². The second-order valence-corrected chi connectivity index (χ2v) is 5.39. The van der Waals surface area contributed by atoms with Crippen LogP contribution in [0.2, 0.25) is 0 Å². The van der Waals surface area contributed by atoms with Gasteiger partial charge in [-0.3, -0.25) is 14.8 Å². The summed E-state index contributed by atoms with van der Waals surface area (Å²) in [5, 5.41) is 0. The van der Waals surface area contributed by atoms with Crippen LogP contribution in [0.15, 0.2) is 53.4 Å². The van der Waals surface area contributed by atoms with E-state index in [1.807, 2.05) is 6.92 Å². The first-order valence-corrected chi connectivity index (χ1v) is 7.50. The zero-order chi connectivity index (χ0) is 17.7. The van der Waals surface area contributed by atoms with Crippen molar-refractivity contribution in [1.82, 2.24) is 4.98 Å². The number of rotatable bonds is 5. The second kappa shape index (κ2) is 7.64. The molecule has 0 aliphatic rings. The fourth-order valence-electron chi connectivity index (χ4n) is 1.97. The Balaban J connectivity index is 2.29. The van der Waals surface area contributed by atoms with E-state index in [1.54, 1.807) is 50.5 Å². The average Bonchev–Trinajstić information content (AvgIpc) is 2.56. The zero-order valence-corrected chi connectivity index (χ0v) is 14.1. The summed E-state index contributed by atoms with van der Waals surface area (Å²) in [6.07, 6.45) is 3.15. The lowest BCUT2D eigenvalue weighted by Gasteiger charge is -2.10. The van der Waals surface area contributed by atoms with Gasteiger partial charge in [0.1, 0.15) is 5.75 Å². The molecular weight excluding hydrogens is 307 g/mol. The van der Waals surface area contributed by atoms with Crippen molar-refractivity contribution >= 4 is 17.1 Å². The smallest absolute Gasteiger partial charge is 0.173 e. The molecule has 2 rings (SSSR count). The number of benzene rings is 1.